The minimum Gasteiger partial charge on any atom is -0.465 e. The van der Waals surface area contributed by atoms with E-state index in [4.69, 9.17) is 9.15 Å². The number of hydrogen-bond donors (Lipinski definition) is 0. The first kappa shape index (κ1) is 11.8. The SMILES string of the molecule is CCCCc1oc(C)c(C)c1C(=O)OC. The third-order valence-electron chi connectivity index (χ3n) is 2.61. The molecule has 1 heterocycles. The minimum atomic E-state index is -0.296. The van der Waals surface area contributed by atoms with E-state index in [0.29, 0.717) is 5.56 Å². The fourth-order valence-corrected chi connectivity index (χ4v) is 1.58. The average molecular weight is 210 g/mol. The molecule has 0 saturated carbocycles. The van der Waals surface area contributed by atoms with E-state index in [0.717, 1.165) is 36.3 Å². The number of furan rings is 1. The molecular weight excluding hydrogens is 192 g/mol. The second-order valence-corrected chi connectivity index (χ2v) is 3.68. The summed E-state index contributed by atoms with van der Waals surface area (Å²) in [6.07, 6.45) is 2.91. The Morgan fingerprint density at radius 3 is 2.60 bits per heavy atom. The lowest BCUT2D eigenvalue weighted by Gasteiger charge is -2.00. The minimum absolute atomic E-state index is 0.296. The van der Waals surface area contributed by atoms with Gasteiger partial charge in [0.2, 0.25) is 0 Å². The van der Waals surface area contributed by atoms with E-state index in [2.05, 4.69) is 6.92 Å². The van der Waals surface area contributed by atoms with Crippen LogP contribution >= 0.6 is 0 Å². The normalized spacial score (nSPS) is 10.4. The van der Waals surface area contributed by atoms with Crippen molar-refractivity contribution in [3.63, 3.8) is 0 Å². The average Bonchev–Trinajstić information content (AvgIpc) is 2.51. The first-order valence-electron chi connectivity index (χ1n) is 5.29. The number of ether oxygens (including phenoxy) is 1. The van der Waals surface area contributed by atoms with Crippen LogP contribution in [0.2, 0.25) is 0 Å². The van der Waals surface area contributed by atoms with E-state index in [-0.39, 0.29) is 5.97 Å². The molecule has 0 spiro atoms. The second-order valence-electron chi connectivity index (χ2n) is 3.68. The molecule has 0 aliphatic rings. The van der Waals surface area contributed by atoms with Crippen LogP contribution in [-0.4, -0.2) is 13.1 Å². The van der Waals surface area contributed by atoms with Crippen LogP contribution in [0.4, 0.5) is 0 Å². The highest BCUT2D eigenvalue weighted by molar-refractivity contribution is 5.92. The number of rotatable bonds is 4. The Labute approximate surface area is 90.4 Å². The molecule has 3 nitrogen and oxygen atoms in total. The molecule has 0 aliphatic heterocycles. The molecule has 1 aromatic heterocycles. The number of unbranched alkanes of at least 4 members (excludes halogenated alkanes) is 1. The summed E-state index contributed by atoms with van der Waals surface area (Å²) >= 11 is 0. The Kier molecular flexibility index (Phi) is 3.95. The maximum Gasteiger partial charge on any atom is 0.341 e. The van der Waals surface area contributed by atoms with Crippen molar-refractivity contribution in [2.45, 2.75) is 40.0 Å². The largest absolute Gasteiger partial charge is 0.465 e. The molecule has 0 amide bonds. The molecule has 0 atom stereocenters. The first-order chi connectivity index (χ1) is 7.11. The van der Waals surface area contributed by atoms with Crippen LogP contribution in [0.1, 0.15) is 47.2 Å². The fourth-order valence-electron chi connectivity index (χ4n) is 1.58. The number of hydrogen-bond acceptors (Lipinski definition) is 3. The van der Waals surface area contributed by atoms with Crippen LogP contribution < -0.4 is 0 Å². The number of carbonyl (C=O) groups excluding carboxylic acids is 1. The van der Waals surface area contributed by atoms with Gasteiger partial charge in [0, 0.05) is 12.0 Å². The zero-order chi connectivity index (χ0) is 11.4. The second kappa shape index (κ2) is 5.01. The molecule has 0 aliphatic carbocycles. The predicted octanol–water partition coefficient (Wildman–Crippen LogP) is 3.03. The number of methoxy groups -OCH3 is 1. The van der Waals surface area contributed by atoms with Gasteiger partial charge in [-0.1, -0.05) is 13.3 Å². The quantitative estimate of drug-likeness (QED) is 0.717. The summed E-state index contributed by atoms with van der Waals surface area (Å²) < 4.78 is 10.3. The van der Waals surface area contributed by atoms with Gasteiger partial charge in [0.15, 0.2) is 0 Å². The van der Waals surface area contributed by atoms with E-state index in [1.165, 1.54) is 7.11 Å². The molecule has 0 aromatic carbocycles. The molecule has 84 valence electrons. The fraction of sp³-hybridized carbons (Fsp3) is 0.583. The number of esters is 1. The van der Waals surface area contributed by atoms with Gasteiger partial charge in [-0.15, -0.1) is 0 Å². The van der Waals surface area contributed by atoms with E-state index in [9.17, 15) is 4.79 Å². The van der Waals surface area contributed by atoms with Crippen molar-refractivity contribution in [3.8, 4) is 0 Å². The number of aryl methyl sites for hydroxylation is 2. The molecule has 0 unspecified atom stereocenters. The lowest BCUT2D eigenvalue weighted by Crippen LogP contribution is -2.05. The molecule has 3 heteroatoms. The van der Waals surface area contributed by atoms with Gasteiger partial charge < -0.3 is 9.15 Å². The summed E-state index contributed by atoms with van der Waals surface area (Å²) in [5, 5.41) is 0. The van der Waals surface area contributed by atoms with Gasteiger partial charge in [-0.2, -0.15) is 0 Å². The molecule has 0 fully saturated rings. The summed E-state index contributed by atoms with van der Waals surface area (Å²) in [7, 11) is 1.40. The van der Waals surface area contributed by atoms with Gasteiger partial charge in [-0.25, -0.2) is 4.79 Å². The lowest BCUT2D eigenvalue weighted by molar-refractivity contribution is 0.0597. The van der Waals surface area contributed by atoms with Crippen molar-refractivity contribution in [2.24, 2.45) is 0 Å². The molecule has 0 saturated heterocycles. The third-order valence-corrected chi connectivity index (χ3v) is 2.61. The Morgan fingerprint density at radius 1 is 1.40 bits per heavy atom. The van der Waals surface area contributed by atoms with Crippen molar-refractivity contribution in [1.82, 2.24) is 0 Å². The monoisotopic (exact) mass is 210 g/mol. The molecule has 0 bridgehead atoms. The van der Waals surface area contributed by atoms with Crippen molar-refractivity contribution in [2.75, 3.05) is 7.11 Å². The van der Waals surface area contributed by atoms with E-state index in [1.807, 2.05) is 13.8 Å². The number of carbonyl (C=O) groups is 1. The smallest absolute Gasteiger partial charge is 0.341 e. The Morgan fingerprint density at radius 2 is 2.07 bits per heavy atom. The Hall–Kier alpha value is -1.25. The molecule has 0 radical (unpaired) electrons. The zero-order valence-corrected chi connectivity index (χ0v) is 9.85. The van der Waals surface area contributed by atoms with Crippen LogP contribution in [0.15, 0.2) is 4.42 Å². The van der Waals surface area contributed by atoms with Crippen LogP contribution in [0.5, 0.6) is 0 Å². The molecule has 1 aromatic rings. The Bertz CT molecular complexity index is 350. The van der Waals surface area contributed by atoms with Gasteiger partial charge in [0.1, 0.15) is 17.1 Å². The predicted molar refractivity (Wildman–Crippen MR) is 58.1 cm³/mol. The van der Waals surface area contributed by atoms with Crippen LogP contribution in [-0.2, 0) is 11.2 Å². The summed E-state index contributed by atoms with van der Waals surface area (Å²) in [6.45, 7) is 5.87. The lowest BCUT2D eigenvalue weighted by atomic mass is 10.1. The summed E-state index contributed by atoms with van der Waals surface area (Å²) in [6, 6.07) is 0. The van der Waals surface area contributed by atoms with Gasteiger partial charge in [-0.05, 0) is 20.3 Å². The van der Waals surface area contributed by atoms with Crippen molar-refractivity contribution in [1.29, 1.82) is 0 Å². The van der Waals surface area contributed by atoms with Gasteiger partial charge >= 0.3 is 5.97 Å². The highest BCUT2D eigenvalue weighted by atomic mass is 16.5. The van der Waals surface area contributed by atoms with Crippen molar-refractivity contribution in [3.05, 3.63) is 22.6 Å². The highest BCUT2D eigenvalue weighted by Crippen LogP contribution is 2.23. The summed E-state index contributed by atoms with van der Waals surface area (Å²) in [5.41, 5.74) is 1.51. The van der Waals surface area contributed by atoms with Gasteiger partial charge in [0.25, 0.3) is 0 Å². The van der Waals surface area contributed by atoms with Crippen molar-refractivity contribution < 1.29 is 13.9 Å². The van der Waals surface area contributed by atoms with Gasteiger partial charge in [0.05, 0.1) is 7.11 Å². The van der Waals surface area contributed by atoms with E-state index < -0.39 is 0 Å². The van der Waals surface area contributed by atoms with Crippen LogP contribution in [0, 0.1) is 13.8 Å². The molecule has 15 heavy (non-hydrogen) atoms. The Balaban J connectivity index is 3.03. The maximum absolute atomic E-state index is 11.5. The van der Waals surface area contributed by atoms with Crippen LogP contribution in [0.3, 0.4) is 0 Å². The molecule has 1 rings (SSSR count). The molecule has 0 N–H and O–H groups in total. The maximum atomic E-state index is 11.5. The van der Waals surface area contributed by atoms with Crippen molar-refractivity contribution >= 4 is 5.97 Å². The molecular formula is C12H18O3. The van der Waals surface area contributed by atoms with Gasteiger partial charge in [-0.3, -0.25) is 0 Å². The van der Waals surface area contributed by atoms with Crippen LogP contribution in [0.25, 0.3) is 0 Å². The van der Waals surface area contributed by atoms with E-state index in [1.54, 1.807) is 0 Å². The summed E-state index contributed by atoms with van der Waals surface area (Å²) in [4.78, 5) is 11.5. The topological polar surface area (TPSA) is 39.4 Å². The van der Waals surface area contributed by atoms with E-state index >= 15 is 0 Å². The highest BCUT2D eigenvalue weighted by Gasteiger charge is 2.20. The zero-order valence-electron chi connectivity index (χ0n) is 9.85. The summed E-state index contributed by atoms with van der Waals surface area (Å²) in [5.74, 6) is 1.27. The third kappa shape index (κ3) is 2.41. The standard InChI is InChI=1S/C12H18O3/c1-5-6-7-10-11(12(13)14-4)8(2)9(3)15-10/h5-7H2,1-4H3. The first-order valence-corrected chi connectivity index (χ1v) is 5.29.